The summed E-state index contributed by atoms with van der Waals surface area (Å²) in [5.74, 6) is 0. The summed E-state index contributed by atoms with van der Waals surface area (Å²) in [4.78, 5) is 2.36. The van der Waals surface area contributed by atoms with Crippen molar-refractivity contribution in [3.63, 3.8) is 0 Å². The van der Waals surface area contributed by atoms with Gasteiger partial charge in [0.25, 0.3) is 0 Å². The van der Waals surface area contributed by atoms with E-state index < -0.39 is 0 Å². The van der Waals surface area contributed by atoms with Crippen LogP contribution in [0.4, 0.5) is 17.1 Å². The normalized spacial score (nSPS) is 11.8. The Labute approximate surface area is 338 Å². The Kier molecular flexibility index (Phi) is 7.40. The maximum atomic E-state index is 6.44. The monoisotopic (exact) mass is 758 g/mol. The number of anilines is 3. The summed E-state index contributed by atoms with van der Waals surface area (Å²) < 4.78 is 11.5. The molecule has 0 aliphatic rings. The van der Waals surface area contributed by atoms with Crippen molar-refractivity contribution in [2.75, 3.05) is 4.90 Å². The molecule has 12 rings (SSSR count). The van der Waals surface area contributed by atoms with Gasteiger partial charge in [0.2, 0.25) is 0 Å². The fraction of sp³-hybridized carbons (Fsp3) is 0. The minimum atomic E-state index is 0.905. The van der Waals surface area contributed by atoms with Gasteiger partial charge in [-0.15, -0.1) is 11.3 Å². The molecule has 3 aromatic heterocycles. The van der Waals surface area contributed by atoms with Crippen LogP contribution >= 0.6 is 11.3 Å². The summed E-state index contributed by atoms with van der Waals surface area (Å²) in [6.07, 6.45) is 0. The summed E-state index contributed by atoms with van der Waals surface area (Å²) in [6, 6.07) is 74.5. The third kappa shape index (κ3) is 5.19. The van der Waals surface area contributed by atoms with Gasteiger partial charge in [-0.25, -0.2) is 0 Å². The standard InChI is InChI=1S/C54H34N2OS/c1-5-19-49-43(13-1)44-14-2-6-20-50(44)56(49)41-12-9-11-40(34-41)55(38-28-23-35(24-29-38)37-27-32-53-48(33-37)46-16-4-8-22-52(46)58-53)39-30-25-36(26-31-39)42-17-10-18-47-45-15-3-7-21-51(45)57-54(42)47/h1-34H. The molecular weight excluding hydrogens is 725 g/mol. The van der Waals surface area contributed by atoms with Gasteiger partial charge < -0.3 is 13.9 Å². The predicted octanol–water partition coefficient (Wildman–Crippen LogP) is 15.9. The van der Waals surface area contributed by atoms with Gasteiger partial charge in [0, 0.05) is 70.0 Å². The third-order valence-electron chi connectivity index (χ3n) is 11.6. The number of hydrogen-bond acceptors (Lipinski definition) is 3. The minimum absolute atomic E-state index is 0.905. The van der Waals surface area contributed by atoms with E-state index in [1.165, 1.54) is 53.1 Å². The van der Waals surface area contributed by atoms with Crippen LogP contribution in [0.15, 0.2) is 211 Å². The smallest absolute Gasteiger partial charge is 0.143 e. The lowest BCUT2D eigenvalue weighted by Crippen LogP contribution is -2.10. The molecule has 272 valence electrons. The number of rotatable bonds is 6. The number of aromatic nitrogens is 1. The van der Waals surface area contributed by atoms with Gasteiger partial charge in [0.05, 0.1) is 11.0 Å². The van der Waals surface area contributed by atoms with Gasteiger partial charge in [-0.2, -0.15) is 0 Å². The van der Waals surface area contributed by atoms with Crippen LogP contribution in [-0.2, 0) is 0 Å². The number of para-hydroxylation sites is 4. The number of benzene rings is 9. The Morgan fingerprint density at radius 2 is 0.966 bits per heavy atom. The molecule has 12 aromatic rings. The van der Waals surface area contributed by atoms with E-state index in [2.05, 4.69) is 204 Å². The first-order valence-corrected chi connectivity index (χ1v) is 20.5. The Morgan fingerprint density at radius 1 is 0.379 bits per heavy atom. The van der Waals surface area contributed by atoms with E-state index in [1.54, 1.807) is 0 Å². The van der Waals surface area contributed by atoms with Gasteiger partial charge in [-0.1, -0.05) is 127 Å². The molecule has 0 atom stereocenters. The Balaban J connectivity index is 0.988. The zero-order valence-electron chi connectivity index (χ0n) is 31.3. The highest BCUT2D eigenvalue weighted by atomic mass is 32.1. The highest BCUT2D eigenvalue weighted by molar-refractivity contribution is 7.25. The molecule has 3 heterocycles. The molecule has 0 aliphatic heterocycles. The van der Waals surface area contributed by atoms with Crippen molar-refractivity contribution in [3.05, 3.63) is 206 Å². The van der Waals surface area contributed by atoms with E-state index in [0.717, 1.165) is 55.8 Å². The van der Waals surface area contributed by atoms with Crippen LogP contribution in [0.5, 0.6) is 0 Å². The quantitative estimate of drug-likeness (QED) is 0.168. The second kappa shape index (κ2) is 13.1. The lowest BCUT2D eigenvalue weighted by atomic mass is 10.0. The van der Waals surface area contributed by atoms with Crippen molar-refractivity contribution in [1.29, 1.82) is 0 Å². The van der Waals surface area contributed by atoms with Gasteiger partial charge in [-0.3, -0.25) is 0 Å². The lowest BCUT2D eigenvalue weighted by molar-refractivity contribution is 0.670. The molecule has 0 spiro atoms. The van der Waals surface area contributed by atoms with Crippen LogP contribution in [0, 0.1) is 0 Å². The van der Waals surface area contributed by atoms with E-state index in [9.17, 15) is 0 Å². The van der Waals surface area contributed by atoms with E-state index in [0.29, 0.717) is 0 Å². The number of hydrogen-bond donors (Lipinski definition) is 0. The van der Waals surface area contributed by atoms with Gasteiger partial charge in [0.1, 0.15) is 11.2 Å². The minimum Gasteiger partial charge on any atom is -0.455 e. The van der Waals surface area contributed by atoms with E-state index in [1.807, 2.05) is 23.5 Å². The molecule has 3 nitrogen and oxygen atoms in total. The molecule has 0 aliphatic carbocycles. The summed E-state index contributed by atoms with van der Waals surface area (Å²) in [5.41, 5.74) is 13.1. The molecule has 9 aromatic carbocycles. The van der Waals surface area contributed by atoms with Crippen LogP contribution in [0.2, 0.25) is 0 Å². The summed E-state index contributed by atoms with van der Waals surface area (Å²) in [6.45, 7) is 0. The summed E-state index contributed by atoms with van der Waals surface area (Å²) >= 11 is 1.86. The van der Waals surface area contributed by atoms with Crippen molar-refractivity contribution in [1.82, 2.24) is 4.57 Å². The summed E-state index contributed by atoms with van der Waals surface area (Å²) in [7, 11) is 0. The number of furan rings is 1. The Bertz CT molecular complexity index is 3460. The Morgan fingerprint density at radius 3 is 1.72 bits per heavy atom. The predicted molar refractivity (Wildman–Crippen MR) is 247 cm³/mol. The third-order valence-corrected chi connectivity index (χ3v) is 12.8. The fourth-order valence-corrected chi connectivity index (χ4v) is 9.98. The van der Waals surface area contributed by atoms with Crippen LogP contribution < -0.4 is 4.90 Å². The van der Waals surface area contributed by atoms with E-state index in [4.69, 9.17) is 4.42 Å². The molecule has 0 amide bonds. The van der Waals surface area contributed by atoms with E-state index >= 15 is 0 Å². The molecule has 0 saturated carbocycles. The Hall–Kier alpha value is -7.40. The summed E-state index contributed by atoms with van der Waals surface area (Å²) in [5, 5.41) is 7.39. The van der Waals surface area contributed by atoms with Crippen molar-refractivity contribution >= 4 is 92.3 Å². The molecule has 58 heavy (non-hydrogen) atoms. The molecule has 0 radical (unpaired) electrons. The van der Waals surface area contributed by atoms with Gasteiger partial charge in [0.15, 0.2) is 0 Å². The average Bonchev–Trinajstić information content (AvgIpc) is 3.97. The zero-order valence-corrected chi connectivity index (χ0v) is 32.2. The van der Waals surface area contributed by atoms with Gasteiger partial charge >= 0.3 is 0 Å². The molecule has 4 heteroatoms. The van der Waals surface area contributed by atoms with Crippen LogP contribution in [-0.4, -0.2) is 4.57 Å². The number of thiophene rings is 1. The largest absolute Gasteiger partial charge is 0.455 e. The average molecular weight is 759 g/mol. The van der Waals surface area contributed by atoms with Crippen LogP contribution in [0.3, 0.4) is 0 Å². The number of nitrogens with zero attached hydrogens (tertiary/aromatic N) is 2. The first-order valence-electron chi connectivity index (χ1n) is 19.7. The van der Waals surface area contributed by atoms with Crippen molar-refractivity contribution in [2.24, 2.45) is 0 Å². The van der Waals surface area contributed by atoms with Crippen molar-refractivity contribution in [2.45, 2.75) is 0 Å². The first-order chi connectivity index (χ1) is 28.7. The molecular formula is C54H34N2OS. The first kappa shape index (κ1) is 32.8. The van der Waals surface area contributed by atoms with Crippen molar-refractivity contribution in [3.8, 4) is 27.9 Å². The second-order valence-electron chi connectivity index (χ2n) is 14.9. The van der Waals surface area contributed by atoms with Crippen LogP contribution in [0.1, 0.15) is 0 Å². The highest BCUT2D eigenvalue weighted by Crippen LogP contribution is 2.42. The molecule has 0 N–H and O–H groups in total. The number of fused-ring (bicyclic) bond motifs is 9. The fourth-order valence-electron chi connectivity index (χ4n) is 8.89. The molecule has 0 unspecified atom stereocenters. The molecule has 0 saturated heterocycles. The second-order valence-corrected chi connectivity index (χ2v) is 16.0. The van der Waals surface area contributed by atoms with Crippen LogP contribution in [0.25, 0.3) is 91.9 Å². The topological polar surface area (TPSA) is 21.3 Å². The van der Waals surface area contributed by atoms with E-state index in [-0.39, 0.29) is 0 Å². The van der Waals surface area contributed by atoms with Gasteiger partial charge in [-0.05, 0) is 95.6 Å². The zero-order chi connectivity index (χ0) is 38.2. The van der Waals surface area contributed by atoms with Crippen molar-refractivity contribution < 1.29 is 4.42 Å². The molecule has 0 fully saturated rings. The maximum absolute atomic E-state index is 6.44. The maximum Gasteiger partial charge on any atom is 0.143 e. The SMILES string of the molecule is c1cc(N(c2ccc(-c3ccc4sc5ccccc5c4c3)cc2)c2ccc(-c3cccc4c3oc3ccccc34)cc2)cc(-n2c3ccccc3c3ccccc32)c1. The lowest BCUT2D eigenvalue weighted by Gasteiger charge is -2.26. The highest BCUT2D eigenvalue weighted by Gasteiger charge is 2.18. The molecule has 0 bridgehead atoms.